The van der Waals surface area contributed by atoms with E-state index in [1.807, 2.05) is 6.92 Å². The molecule has 0 bridgehead atoms. The molecule has 0 aliphatic carbocycles. The van der Waals surface area contributed by atoms with Crippen molar-refractivity contribution in [1.29, 1.82) is 0 Å². The zero-order valence-corrected chi connectivity index (χ0v) is 12.3. The zero-order valence-electron chi connectivity index (χ0n) is 12.3. The zero-order chi connectivity index (χ0) is 14.5. The third-order valence-corrected chi connectivity index (χ3v) is 2.01. The van der Waals surface area contributed by atoms with Gasteiger partial charge in [-0.1, -0.05) is 40.0 Å². The summed E-state index contributed by atoms with van der Waals surface area (Å²) in [6.07, 6.45) is 11.7. The average molecular weight is 258 g/mol. The van der Waals surface area contributed by atoms with Crippen LogP contribution in [0.1, 0.15) is 78.6 Å². The SMILES string of the molecule is CCCC=O.CCCCC=O.CCCCCC=O. The van der Waals surface area contributed by atoms with Gasteiger partial charge >= 0.3 is 0 Å². The van der Waals surface area contributed by atoms with Crippen LogP contribution >= 0.6 is 0 Å². The van der Waals surface area contributed by atoms with E-state index in [-0.39, 0.29) is 0 Å². The first kappa shape index (κ1) is 22.2. The highest BCUT2D eigenvalue weighted by molar-refractivity contribution is 5.49. The molecule has 0 fully saturated rings. The summed E-state index contributed by atoms with van der Waals surface area (Å²) in [4.78, 5) is 28.6. The van der Waals surface area contributed by atoms with Crippen molar-refractivity contribution in [1.82, 2.24) is 0 Å². The lowest BCUT2D eigenvalue weighted by atomic mass is 10.2. The highest BCUT2D eigenvalue weighted by Crippen LogP contribution is 1.94. The summed E-state index contributed by atoms with van der Waals surface area (Å²) in [6.45, 7) is 6.18. The maximum atomic E-state index is 9.68. The molecule has 0 aromatic carbocycles. The summed E-state index contributed by atoms with van der Waals surface area (Å²) >= 11 is 0. The fraction of sp³-hybridized carbons (Fsp3) is 0.800. The lowest BCUT2D eigenvalue weighted by Gasteiger charge is -1.85. The van der Waals surface area contributed by atoms with E-state index in [2.05, 4.69) is 13.8 Å². The van der Waals surface area contributed by atoms with Gasteiger partial charge < -0.3 is 14.4 Å². The molecule has 0 N–H and O–H groups in total. The van der Waals surface area contributed by atoms with Crippen LogP contribution in [0, 0.1) is 0 Å². The third-order valence-electron chi connectivity index (χ3n) is 2.01. The molecule has 3 nitrogen and oxygen atoms in total. The van der Waals surface area contributed by atoms with Gasteiger partial charge in [-0.15, -0.1) is 0 Å². The van der Waals surface area contributed by atoms with Gasteiger partial charge in [0.2, 0.25) is 0 Å². The minimum absolute atomic E-state index is 0.708. The van der Waals surface area contributed by atoms with Crippen LogP contribution in [0.4, 0.5) is 0 Å². The molecular weight excluding hydrogens is 228 g/mol. The Morgan fingerprint density at radius 3 is 1.22 bits per heavy atom. The minimum atomic E-state index is 0.708. The molecule has 0 atom stereocenters. The molecule has 3 heteroatoms. The van der Waals surface area contributed by atoms with Crippen molar-refractivity contribution >= 4 is 18.9 Å². The van der Waals surface area contributed by atoms with Crippen molar-refractivity contribution in [3.05, 3.63) is 0 Å². The summed E-state index contributed by atoms with van der Waals surface area (Å²) in [7, 11) is 0. The maximum absolute atomic E-state index is 9.68. The second-order valence-electron chi connectivity index (χ2n) is 3.93. The Balaban J connectivity index is -0.000000190. The monoisotopic (exact) mass is 258 g/mol. The van der Waals surface area contributed by atoms with E-state index in [0.29, 0.717) is 6.42 Å². The molecule has 0 heterocycles. The number of hydrogen-bond acceptors (Lipinski definition) is 3. The van der Waals surface area contributed by atoms with Crippen molar-refractivity contribution in [2.75, 3.05) is 0 Å². The van der Waals surface area contributed by atoms with E-state index < -0.39 is 0 Å². The van der Waals surface area contributed by atoms with Crippen LogP contribution in [-0.4, -0.2) is 18.9 Å². The molecule has 0 aromatic heterocycles. The van der Waals surface area contributed by atoms with Crippen LogP contribution in [0.15, 0.2) is 0 Å². The fourth-order valence-corrected chi connectivity index (χ4v) is 0.883. The summed E-state index contributed by atoms with van der Waals surface area (Å²) < 4.78 is 0. The quantitative estimate of drug-likeness (QED) is 0.461. The molecule has 0 amide bonds. The smallest absolute Gasteiger partial charge is 0.119 e. The van der Waals surface area contributed by atoms with Crippen LogP contribution in [-0.2, 0) is 14.4 Å². The van der Waals surface area contributed by atoms with E-state index in [1.54, 1.807) is 0 Å². The van der Waals surface area contributed by atoms with Gasteiger partial charge in [0, 0.05) is 19.3 Å². The summed E-state index contributed by atoms with van der Waals surface area (Å²) in [5.41, 5.74) is 0. The lowest BCUT2D eigenvalue weighted by Crippen LogP contribution is -1.73. The average Bonchev–Trinajstić information content (AvgIpc) is 2.39. The number of rotatable bonds is 9. The van der Waals surface area contributed by atoms with Gasteiger partial charge in [0.1, 0.15) is 18.9 Å². The van der Waals surface area contributed by atoms with Crippen LogP contribution in [0.5, 0.6) is 0 Å². The molecule has 0 aliphatic heterocycles. The van der Waals surface area contributed by atoms with Gasteiger partial charge in [-0.2, -0.15) is 0 Å². The molecule has 0 saturated heterocycles. The Morgan fingerprint density at radius 2 is 1.00 bits per heavy atom. The Labute approximate surface area is 112 Å². The van der Waals surface area contributed by atoms with Gasteiger partial charge in [-0.25, -0.2) is 0 Å². The van der Waals surface area contributed by atoms with Crippen molar-refractivity contribution < 1.29 is 14.4 Å². The molecule has 0 aliphatic rings. The van der Waals surface area contributed by atoms with Crippen molar-refractivity contribution in [2.45, 2.75) is 78.6 Å². The van der Waals surface area contributed by atoms with Gasteiger partial charge in [0.25, 0.3) is 0 Å². The van der Waals surface area contributed by atoms with Crippen molar-refractivity contribution in [2.24, 2.45) is 0 Å². The van der Waals surface area contributed by atoms with Crippen LogP contribution in [0.2, 0.25) is 0 Å². The first-order valence-corrected chi connectivity index (χ1v) is 7.05. The normalized spacial score (nSPS) is 8.17. The van der Waals surface area contributed by atoms with Gasteiger partial charge in [0.05, 0.1) is 0 Å². The standard InChI is InChI=1S/C6H12O.C5H10O.C4H8O/c1-2-3-4-5-6-7;1-2-3-4-5-6;1-2-3-4-5/h6H,2-5H2,1H3;5H,2-4H2,1H3;4H,2-3H2,1H3. The predicted molar refractivity (Wildman–Crippen MR) is 76.8 cm³/mol. The van der Waals surface area contributed by atoms with Crippen molar-refractivity contribution in [3.8, 4) is 0 Å². The summed E-state index contributed by atoms with van der Waals surface area (Å²) in [6, 6.07) is 0. The van der Waals surface area contributed by atoms with Crippen LogP contribution in [0.3, 0.4) is 0 Å². The summed E-state index contributed by atoms with van der Waals surface area (Å²) in [5, 5.41) is 0. The van der Waals surface area contributed by atoms with Gasteiger partial charge in [-0.05, 0) is 19.3 Å². The van der Waals surface area contributed by atoms with E-state index in [4.69, 9.17) is 0 Å². The molecule has 0 aromatic rings. The second-order valence-corrected chi connectivity index (χ2v) is 3.93. The molecule has 18 heavy (non-hydrogen) atoms. The Morgan fingerprint density at radius 1 is 0.556 bits per heavy atom. The molecule has 108 valence electrons. The Bertz CT molecular complexity index is 156. The van der Waals surface area contributed by atoms with E-state index >= 15 is 0 Å². The van der Waals surface area contributed by atoms with Crippen molar-refractivity contribution in [3.63, 3.8) is 0 Å². The molecule has 0 unspecified atom stereocenters. The number of carbonyl (C=O) groups excluding carboxylic acids is 3. The van der Waals surface area contributed by atoms with Crippen LogP contribution < -0.4 is 0 Å². The number of carbonyl (C=O) groups is 3. The highest BCUT2D eigenvalue weighted by Gasteiger charge is 1.80. The first-order valence-electron chi connectivity index (χ1n) is 7.05. The third kappa shape index (κ3) is 45.9. The largest absolute Gasteiger partial charge is 0.303 e. The Hall–Kier alpha value is -0.990. The van der Waals surface area contributed by atoms with Gasteiger partial charge in [-0.3, -0.25) is 0 Å². The van der Waals surface area contributed by atoms with Crippen LogP contribution in [0.25, 0.3) is 0 Å². The first-order chi connectivity index (χ1) is 8.74. The summed E-state index contributed by atoms with van der Waals surface area (Å²) in [5.74, 6) is 0. The molecular formula is C15H30O3. The van der Waals surface area contributed by atoms with Gasteiger partial charge in [0.15, 0.2) is 0 Å². The maximum Gasteiger partial charge on any atom is 0.119 e. The van der Waals surface area contributed by atoms with E-state index in [1.165, 1.54) is 12.8 Å². The van der Waals surface area contributed by atoms with E-state index in [0.717, 1.165) is 57.4 Å². The number of hydrogen-bond donors (Lipinski definition) is 0. The lowest BCUT2D eigenvalue weighted by molar-refractivity contribution is -0.108. The number of aldehydes is 3. The molecule has 0 rings (SSSR count). The number of unbranched alkanes of at least 4 members (excludes halogenated alkanes) is 6. The molecule has 0 spiro atoms. The highest BCUT2D eigenvalue weighted by atomic mass is 16.1. The van der Waals surface area contributed by atoms with E-state index in [9.17, 15) is 14.4 Å². The molecule has 0 radical (unpaired) electrons. The topological polar surface area (TPSA) is 51.2 Å². The second kappa shape index (κ2) is 29.8. The molecule has 0 saturated carbocycles. The predicted octanol–water partition coefficient (Wildman–Crippen LogP) is 4.13. The fourth-order valence-electron chi connectivity index (χ4n) is 0.883. The minimum Gasteiger partial charge on any atom is -0.303 e. The Kier molecular flexibility index (Phi) is 36.7.